The number of piperazine rings is 1. The van der Waals surface area contributed by atoms with Gasteiger partial charge in [-0.2, -0.15) is 0 Å². The molecular weight excluding hydrogens is 340 g/mol. The highest BCUT2D eigenvalue weighted by Gasteiger charge is 2.28. The van der Waals surface area contributed by atoms with E-state index in [0.717, 1.165) is 17.0 Å². The molecule has 0 unspecified atom stereocenters. The van der Waals surface area contributed by atoms with E-state index in [-0.39, 0.29) is 24.5 Å². The molecule has 3 amide bonds. The summed E-state index contributed by atoms with van der Waals surface area (Å²) in [5.74, 6) is -0.0293. The van der Waals surface area contributed by atoms with Gasteiger partial charge in [-0.25, -0.2) is 4.79 Å². The van der Waals surface area contributed by atoms with Gasteiger partial charge in [-0.3, -0.25) is 9.78 Å². The molecule has 1 saturated heterocycles. The number of hydrogen-bond acceptors (Lipinski definition) is 3. The van der Waals surface area contributed by atoms with Crippen molar-refractivity contribution >= 4 is 11.9 Å². The van der Waals surface area contributed by atoms with Crippen molar-refractivity contribution in [2.24, 2.45) is 0 Å². The third-order valence-electron chi connectivity index (χ3n) is 4.79. The highest BCUT2D eigenvalue weighted by Crippen LogP contribution is 2.13. The number of aromatic nitrogens is 1. The second-order valence-corrected chi connectivity index (χ2v) is 7.10. The first-order valence-electron chi connectivity index (χ1n) is 9.24. The zero-order valence-electron chi connectivity index (χ0n) is 16.1. The number of amides is 3. The van der Waals surface area contributed by atoms with Crippen LogP contribution in [0.2, 0.25) is 0 Å². The Morgan fingerprint density at radius 1 is 1.15 bits per heavy atom. The number of carbonyl (C=O) groups excluding carboxylic acids is 2. The number of urea groups is 1. The van der Waals surface area contributed by atoms with Gasteiger partial charge in [-0.15, -0.1) is 0 Å². The molecule has 1 N–H and O–H groups in total. The molecule has 1 aromatic carbocycles. The van der Waals surface area contributed by atoms with Crippen LogP contribution in [-0.4, -0.2) is 46.4 Å². The van der Waals surface area contributed by atoms with Crippen LogP contribution in [-0.2, 0) is 11.3 Å². The minimum atomic E-state index is -0.228. The van der Waals surface area contributed by atoms with Crippen molar-refractivity contribution in [2.45, 2.75) is 33.4 Å². The zero-order valence-corrected chi connectivity index (χ0v) is 16.1. The van der Waals surface area contributed by atoms with E-state index in [2.05, 4.69) is 10.3 Å². The van der Waals surface area contributed by atoms with Gasteiger partial charge in [0.05, 0.1) is 11.7 Å². The van der Waals surface area contributed by atoms with Crippen molar-refractivity contribution in [3.63, 3.8) is 0 Å². The van der Waals surface area contributed by atoms with Gasteiger partial charge in [0.25, 0.3) is 0 Å². The summed E-state index contributed by atoms with van der Waals surface area (Å²) in [6, 6.07) is 13.5. The number of pyridine rings is 1. The molecule has 0 radical (unpaired) electrons. The van der Waals surface area contributed by atoms with Gasteiger partial charge >= 0.3 is 6.03 Å². The van der Waals surface area contributed by atoms with E-state index in [9.17, 15) is 9.59 Å². The standard InChI is InChI=1S/C21H26N4O2/c1-15-7-9-18(10-8-15)13-24-11-12-25(14-20(24)26)21(27)23-17(3)19-6-4-5-16(2)22-19/h4-10,17H,11-14H2,1-3H3,(H,23,27)/t17-/m0/s1. The van der Waals surface area contributed by atoms with Crippen molar-refractivity contribution in [1.82, 2.24) is 20.1 Å². The molecule has 27 heavy (non-hydrogen) atoms. The van der Waals surface area contributed by atoms with Crippen LogP contribution < -0.4 is 5.32 Å². The largest absolute Gasteiger partial charge is 0.335 e. The number of nitrogens with one attached hydrogen (secondary N) is 1. The second-order valence-electron chi connectivity index (χ2n) is 7.10. The molecule has 2 heterocycles. The molecule has 0 bridgehead atoms. The first-order chi connectivity index (χ1) is 12.9. The van der Waals surface area contributed by atoms with E-state index in [1.54, 1.807) is 9.80 Å². The molecule has 1 atom stereocenters. The van der Waals surface area contributed by atoms with Gasteiger partial charge in [0, 0.05) is 25.3 Å². The Labute approximate surface area is 160 Å². The molecule has 1 aromatic heterocycles. The Morgan fingerprint density at radius 2 is 1.89 bits per heavy atom. The van der Waals surface area contributed by atoms with Crippen LogP contribution in [0.4, 0.5) is 4.79 Å². The maximum Gasteiger partial charge on any atom is 0.318 e. The Morgan fingerprint density at radius 3 is 2.56 bits per heavy atom. The van der Waals surface area contributed by atoms with Crippen molar-refractivity contribution in [2.75, 3.05) is 19.6 Å². The molecule has 0 saturated carbocycles. The third kappa shape index (κ3) is 4.84. The van der Waals surface area contributed by atoms with E-state index in [0.29, 0.717) is 19.6 Å². The molecule has 6 heteroatoms. The minimum absolute atomic E-state index is 0.0293. The summed E-state index contributed by atoms with van der Waals surface area (Å²) >= 11 is 0. The van der Waals surface area contributed by atoms with Gasteiger partial charge < -0.3 is 15.1 Å². The highest BCUT2D eigenvalue weighted by atomic mass is 16.2. The summed E-state index contributed by atoms with van der Waals surface area (Å²) in [7, 11) is 0. The number of rotatable bonds is 4. The number of nitrogens with zero attached hydrogens (tertiary/aromatic N) is 3. The molecule has 6 nitrogen and oxygen atoms in total. The first kappa shape index (κ1) is 18.9. The monoisotopic (exact) mass is 366 g/mol. The topological polar surface area (TPSA) is 65.5 Å². The first-order valence-corrected chi connectivity index (χ1v) is 9.24. The molecule has 1 aliphatic heterocycles. The molecule has 0 spiro atoms. The van der Waals surface area contributed by atoms with Crippen molar-refractivity contribution < 1.29 is 9.59 Å². The quantitative estimate of drug-likeness (QED) is 0.905. The van der Waals surface area contributed by atoms with Crippen molar-refractivity contribution in [3.05, 3.63) is 65.0 Å². The lowest BCUT2D eigenvalue weighted by Gasteiger charge is -2.35. The molecule has 2 aromatic rings. The lowest BCUT2D eigenvalue weighted by Crippen LogP contribution is -2.54. The lowest BCUT2D eigenvalue weighted by molar-refractivity contribution is -0.135. The average Bonchev–Trinajstić information content (AvgIpc) is 2.65. The van der Waals surface area contributed by atoms with E-state index in [1.165, 1.54) is 5.56 Å². The smallest absolute Gasteiger partial charge is 0.318 e. The molecular formula is C21H26N4O2. The molecule has 0 aliphatic carbocycles. The summed E-state index contributed by atoms with van der Waals surface area (Å²) in [5.41, 5.74) is 4.02. The maximum absolute atomic E-state index is 12.5. The summed E-state index contributed by atoms with van der Waals surface area (Å²) in [6.07, 6.45) is 0. The summed E-state index contributed by atoms with van der Waals surface area (Å²) < 4.78 is 0. The third-order valence-corrected chi connectivity index (χ3v) is 4.79. The van der Waals surface area contributed by atoms with Crippen LogP contribution in [0.5, 0.6) is 0 Å². The number of carbonyl (C=O) groups is 2. The predicted octanol–water partition coefficient (Wildman–Crippen LogP) is 2.81. The fourth-order valence-corrected chi connectivity index (χ4v) is 3.12. The van der Waals surface area contributed by atoms with Crippen LogP contribution in [0.15, 0.2) is 42.5 Å². The Hall–Kier alpha value is -2.89. The summed E-state index contributed by atoms with van der Waals surface area (Å²) in [4.78, 5) is 32.8. The second kappa shape index (κ2) is 8.20. The van der Waals surface area contributed by atoms with Crippen LogP contribution in [0.25, 0.3) is 0 Å². The van der Waals surface area contributed by atoms with Crippen LogP contribution in [0.3, 0.4) is 0 Å². The number of benzene rings is 1. The van der Waals surface area contributed by atoms with E-state index in [4.69, 9.17) is 0 Å². The fourth-order valence-electron chi connectivity index (χ4n) is 3.12. The van der Waals surface area contributed by atoms with Crippen LogP contribution in [0, 0.1) is 13.8 Å². The molecule has 3 rings (SSSR count). The van der Waals surface area contributed by atoms with Gasteiger partial charge in [0.15, 0.2) is 0 Å². The fraction of sp³-hybridized carbons (Fsp3) is 0.381. The SMILES string of the molecule is Cc1ccc(CN2CCN(C(=O)N[C@@H](C)c3cccc(C)n3)CC2=O)cc1. The highest BCUT2D eigenvalue weighted by molar-refractivity contribution is 5.85. The van der Waals surface area contributed by atoms with E-state index < -0.39 is 0 Å². The van der Waals surface area contributed by atoms with Crippen molar-refractivity contribution in [1.29, 1.82) is 0 Å². The minimum Gasteiger partial charge on any atom is -0.335 e. The normalized spacial score (nSPS) is 15.6. The predicted molar refractivity (Wildman–Crippen MR) is 104 cm³/mol. The van der Waals surface area contributed by atoms with Gasteiger partial charge in [0.2, 0.25) is 5.91 Å². The van der Waals surface area contributed by atoms with E-state index in [1.807, 2.05) is 63.2 Å². The maximum atomic E-state index is 12.5. The van der Waals surface area contributed by atoms with Crippen LogP contribution >= 0.6 is 0 Å². The van der Waals surface area contributed by atoms with Crippen molar-refractivity contribution in [3.8, 4) is 0 Å². The molecule has 1 fully saturated rings. The van der Waals surface area contributed by atoms with Gasteiger partial charge in [-0.05, 0) is 38.5 Å². The lowest BCUT2D eigenvalue weighted by atomic mass is 10.1. The zero-order chi connectivity index (χ0) is 19.4. The Balaban J connectivity index is 1.54. The van der Waals surface area contributed by atoms with Crippen LogP contribution in [0.1, 0.15) is 35.5 Å². The Kier molecular flexibility index (Phi) is 5.74. The molecule has 142 valence electrons. The van der Waals surface area contributed by atoms with Gasteiger partial charge in [0.1, 0.15) is 6.54 Å². The average molecular weight is 366 g/mol. The summed E-state index contributed by atoms with van der Waals surface area (Å²) in [6.45, 7) is 7.61. The molecule has 1 aliphatic rings. The summed E-state index contributed by atoms with van der Waals surface area (Å²) in [5, 5.41) is 2.94. The Bertz CT molecular complexity index is 819. The van der Waals surface area contributed by atoms with E-state index >= 15 is 0 Å². The van der Waals surface area contributed by atoms with Gasteiger partial charge in [-0.1, -0.05) is 35.9 Å². The number of aryl methyl sites for hydroxylation is 2. The number of hydrogen-bond donors (Lipinski definition) is 1.